The second-order valence-electron chi connectivity index (χ2n) is 7.67. The highest BCUT2D eigenvalue weighted by Gasteiger charge is 2.21. The Balaban J connectivity index is 1.58. The van der Waals surface area contributed by atoms with E-state index < -0.39 is 5.69 Å². The summed E-state index contributed by atoms with van der Waals surface area (Å²) in [5.74, 6) is 0.939. The molecule has 0 spiro atoms. The molecule has 0 bridgehead atoms. The summed E-state index contributed by atoms with van der Waals surface area (Å²) in [5, 5.41) is 18.2. The van der Waals surface area contributed by atoms with Crippen molar-refractivity contribution in [2.45, 2.75) is 31.8 Å². The lowest BCUT2D eigenvalue weighted by atomic mass is 10.1. The Hall–Kier alpha value is -4.15. The maximum Gasteiger partial charge on any atom is 0.326 e. The first-order valence-corrected chi connectivity index (χ1v) is 10.2. The van der Waals surface area contributed by atoms with Crippen molar-refractivity contribution in [3.8, 4) is 11.6 Å². The highest BCUT2D eigenvalue weighted by Crippen LogP contribution is 2.23. The number of benzene rings is 1. The third-order valence-corrected chi connectivity index (χ3v) is 5.22. The molecule has 1 saturated carbocycles. The van der Waals surface area contributed by atoms with E-state index in [1.807, 2.05) is 31.2 Å². The minimum Gasteiger partial charge on any atom is -0.497 e. The third-order valence-electron chi connectivity index (χ3n) is 5.22. The number of aromatic amines is 2. The van der Waals surface area contributed by atoms with Gasteiger partial charge in [0.25, 0.3) is 5.62 Å². The number of methoxy groups -OCH3 is 1. The van der Waals surface area contributed by atoms with E-state index in [2.05, 4.69) is 35.3 Å². The third kappa shape index (κ3) is 3.92. The summed E-state index contributed by atoms with van der Waals surface area (Å²) < 4.78 is 6.79. The van der Waals surface area contributed by atoms with Gasteiger partial charge in [0.05, 0.1) is 25.4 Å². The van der Waals surface area contributed by atoms with Gasteiger partial charge in [-0.2, -0.15) is 19.6 Å². The number of nitrogens with zero attached hydrogens (tertiary/aromatic N) is 5. The zero-order chi connectivity index (χ0) is 22.2. The molecule has 32 heavy (non-hydrogen) atoms. The van der Waals surface area contributed by atoms with Gasteiger partial charge in [-0.25, -0.2) is 9.79 Å². The van der Waals surface area contributed by atoms with Crippen LogP contribution in [0.3, 0.4) is 0 Å². The number of H-pyrrole nitrogens is 2. The van der Waals surface area contributed by atoms with Gasteiger partial charge in [0, 0.05) is 5.22 Å². The normalized spacial score (nSPS) is 15.9. The van der Waals surface area contributed by atoms with Crippen molar-refractivity contribution in [2.75, 3.05) is 12.4 Å². The van der Waals surface area contributed by atoms with Crippen molar-refractivity contribution < 1.29 is 9.84 Å². The molecule has 5 rings (SSSR count). The molecule has 3 heterocycles. The Bertz CT molecular complexity index is 1450. The second kappa shape index (κ2) is 7.84. The number of imidazole rings is 1. The van der Waals surface area contributed by atoms with Gasteiger partial charge in [0.1, 0.15) is 11.4 Å². The number of anilines is 1. The molecule has 1 aliphatic carbocycles. The van der Waals surface area contributed by atoms with Crippen LogP contribution in [0.4, 0.5) is 5.95 Å². The summed E-state index contributed by atoms with van der Waals surface area (Å²) in [5.41, 5.74) is 1.74. The first-order valence-electron chi connectivity index (χ1n) is 10.2. The van der Waals surface area contributed by atoms with Crippen molar-refractivity contribution in [3.63, 3.8) is 0 Å². The average Bonchev–Trinajstić information content (AvgIpc) is 3.42. The predicted molar refractivity (Wildman–Crippen MR) is 116 cm³/mol. The molecule has 4 N–H and O–H groups in total. The van der Waals surface area contributed by atoms with E-state index >= 15 is 0 Å². The first-order chi connectivity index (χ1) is 15.5. The zero-order valence-electron chi connectivity index (χ0n) is 17.5. The average molecular weight is 434 g/mol. The van der Waals surface area contributed by atoms with Crippen LogP contribution >= 0.6 is 0 Å². The van der Waals surface area contributed by atoms with Crippen LogP contribution < -0.4 is 26.6 Å². The van der Waals surface area contributed by atoms with Crippen molar-refractivity contribution in [1.29, 1.82) is 0 Å². The van der Waals surface area contributed by atoms with Gasteiger partial charge in [-0.3, -0.25) is 4.98 Å². The van der Waals surface area contributed by atoms with Crippen molar-refractivity contribution >= 4 is 17.7 Å². The Morgan fingerprint density at radius 1 is 1.28 bits per heavy atom. The summed E-state index contributed by atoms with van der Waals surface area (Å²) in [4.78, 5) is 30.2. The molecule has 1 atom stereocenters. The highest BCUT2D eigenvalue weighted by atomic mass is 16.5. The van der Waals surface area contributed by atoms with E-state index in [1.165, 1.54) is 0 Å². The molecule has 1 aromatic carbocycles. The maximum atomic E-state index is 11.5. The fourth-order valence-electron chi connectivity index (χ4n) is 3.31. The van der Waals surface area contributed by atoms with Crippen LogP contribution in [-0.2, 0) is 0 Å². The standard InChI is InChI=1S/C21H22N8O3/c1-11(12-3-7-15(32-2)8-4-12)23-19-26-17-13(9-16-18(30)27-21(31)25-16)10-22-29(17)20(28-19)24-14-5-6-14/h3-4,7-11,14,30H,5-6H2,1-2H3,(H,23,24,28)(H2,25,27,31)/b13-9-/t11-/m0/s1. The number of nitrogens with one attached hydrogen (secondary N) is 3. The van der Waals surface area contributed by atoms with Gasteiger partial charge < -0.3 is 20.1 Å². The van der Waals surface area contributed by atoms with Gasteiger partial charge in [0.2, 0.25) is 11.8 Å². The molecule has 0 aliphatic heterocycles. The number of aromatic nitrogens is 6. The maximum absolute atomic E-state index is 11.5. The van der Waals surface area contributed by atoms with Gasteiger partial charge in [-0.15, -0.1) is 0 Å². The number of aromatic hydroxyl groups is 1. The van der Waals surface area contributed by atoms with Gasteiger partial charge in [-0.05, 0) is 43.5 Å². The molecule has 1 fully saturated rings. The Morgan fingerprint density at radius 3 is 2.72 bits per heavy atom. The zero-order valence-corrected chi connectivity index (χ0v) is 17.5. The molecular weight excluding hydrogens is 412 g/mol. The summed E-state index contributed by atoms with van der Waals surface area (Å²) in [7, 11) is 1.63. The van der Waals surface area contributed by atoms with E-state index in [1.54, 1.807) is 23.9 Å². The molecular formula is C21H22N8O3. The molecule has 1 aliphatic rings. The number of ether oxygens (including phenoxy) is 1. The van der Waals surface area contributed by atoms with Gasteiger partial charge in [-0.1, -0.05) is 12.1 Å². The smallest absolute Gasteiger partial charge is 0.326 e. The summed E-state index contributed by atoms with van der Waals surface area (Å²) in [6, 6.07) is 7.93. The topological polar surface area (TPSA) is 146 Å². The SMILES string of the molecule is COc1ccc([C@H](C)Nc2nc(=NC3CC3)n3nc/c(=C/c4[nH]c(=O)[nH]c4O)c3n2)cc1. The van der Waals surface area contributed by atoms with Crippen LogP contribution in [0.15, 0.2) is 40.2 Å². The fraction of sp³-hybridized carbons (Fsp3) is 0.286. The van der Waals surface area contributed by atoms with Crippen molar-refractivity contribution in [3.05, 3.63) is 63.0 Å². The lowest BCUT2D eigenvalue weighted by Crippen LogP contribution is -2.25. The summed E-state index contributed by atoms with van der Waals surface area (Å²) in [6.07, 6.45) is 5.24. The summed E-state index contributed by atoms with van der Waals surface area (Å²) in [6.45, 7) is 2.01. The van der Waals surface area contributed by atoms with Crippen LogP contribution in [0.5, 0.6) is 11.6 Å². The number of hydrogen-bond donors (Lipinski definition) is 4. The highest BCUT2D eigenvalue weighted by molar-refractivity contribution is 5.57. The monoisotopic (exact) mass is 434 g/mol. The Labute approximate surface area is 181 Å². The summed E-state index contributed by atoms with van der Waals surface area (Å²) >= 11 is 0. The lowest BCUT2D eigenvalue weighted by Gasteiger charge is -2.14. The lowest BCUT2D eigenvalue weighted by molar-refractivity contribution is 0.414. The molecule has 164 valence electrons. The molecule has 4 aromatic rings. The van der Waals surface area contributed by atoms with Gasteiger partial charge >= 0.3 is 5.69 Å². The minimum absolute atomic E-state index is 0.0717. The van der Waals surface area contributed by atoms with E-state index in [0.29, 0.717) is 22.4 Å². The number of rotatable bonds is 6. The molecule has 0 unspecified atom stereocenters. The van der Waals surface area contributed by atoms with Gasteiger partial charge in [0.15, 0.2) is 5.65 Å². The second-order valence-corrected chi connectivity index (χ2v) is 7.67. The van der Waals surface area contributed by atoms with E-state index in [-0.39, 0.29) is 23.7 Å². The van der Waals surface area contributed by atoms with E-state index in [9.17, 15) is 9.90 Å². The van der Waals surface area contributed by atoms with Crippen LogP contribution in [0.25, 0.3) is 11.7 Å². The van der Waals surface area contributed by atoms with Crippen LogP contribution in [0, 0.1) is 0 Å². The molecule has 11 heteroatoms. The molecule has 11 nitrogen and oxygen atoms in total. The Morgan fingerprint density at radius 2 is 2.06 bits per heavy atom. The number of fused-ring (bicyclic) bond motifs is 1. The van der Waals surface area contributed by atoms with E-state index in [0.717, 1.165) is 24.2 Å². The minimum atomic E-state index is -0.500. The van der Waals surface area contributed by atoms with Crippen LogP contribution in [-0.4, -0.2) is 47.8 Å². The number of hydrogen-bond acceptors (Lipinski definition) is 8. The molecule has 3 aromatic heterocycles. The van der Waals surface area contributed by atoms with Crippen LogP contribution in [0.2, 0.25) is 0 Å². The van der Waals surface area contributed by atoms with Crippen molar-refractivity contribution in [1.82, 2.24) is 29.5 Å². The Kier molecular flexibility index (Phi) is 4.85. The predicted octanol–water partition coefficient (Wildman–Crippen LogP) is 0.639. The van der Waals surface area contributed by atoms with E-state index in [4.69, 9.17) is 4.74 Å². The van der Waals surface area contributed by atoms with Crippen molar-refractivity contribution in [2.24, 2.45) is 4.99 Å². The quantitative estimate of drug-likeness (QED) is 0.348. The first kappa shape index (κ1) is 19.8. The molecule has 0 amide bonds. The molecule has 0 radical (unpaired) electrons. The van der Waals surface area contributed by atoms with Crippen LogP contribution in [0.1, 0.15) is 37.1 Å². The largest absolute Gasteiger partial charge is 0.497 e. The fourth-order valence-corrected chi connectivity index (χ4v) is 3.31. The molecule has 0 saturated heterocycles.